The third-order valence-corrected chi connectivity index (χ3v) is 2.41. The molecule has 1 N–H and O–H groups in total. The summed E-state index contributed by atoms with van der Waals surface area (Å²) < 4.78 is 11.4. The van der Waals surface area contributed by atoms with E-state index in [1.54, 1.807) is 0 Å². The van der Waals surface area contributed by atoms with E-state index >= 15 is 0 Å². The van der Waals surface area contributed by atoms with E-state index < -0.39 is 0 Å². The van der Waals surface area contributed by atoms with Crippen LogP contribution in [0.25, 0.3) is 0 Å². The van der Waals surface area contributed by atoms with Crippen LogP contribution in [0.5, 0.6) is 0 Å². The molecule has 88 valence electrons. The van der Waals surface area contributed by atoms with Crippen LogP contribution < -0.4 is 5.32 Å². The maximum atomic E-state index is 5.87. The van der Waals surface area contributed by atoms with Gasteiger partial charge >= 0.3 is 0 Å². The Morgan fingerprint density at radius 1 is 1.60 bits per heavy atom. The van der Waals surface area contributed by atoms with Gasteiger partial charge in [0.25, 0.3) is 0 Å². The SMILES string of the molecule is C=CCCCOCC1CNCC(C)(C)O1. The Balaban J connectivity index is 2.08. The average Bonchev–Trinajstić information content (AvgIpc) is 2.16. The molecule has 3 nitrogen and oxygen atoms in total. The Bertz CT molecular complexity index is 192. The lowest BCUT2D eigenvalue weighted by Crippen LogP contribution is -2.51. The first-order valence-electron chi connectivity index (χ1n) is 5.71. The van der Waals surface area contributed by atoms with Crippen molar-refractivity contribution in [3.63, 3.8) is 0 Å². The van der Waals surface area contributed by atoms with Gasteiger partial charge in [-0.05, 0) is 26.7 Å². The van der Waals surface area contributed by atoms with Gasteiger partial charge < -0.3 is 14.8 Å². The monoisotopic (exact) mass is 213 g/mol. The fourth-order valence-electron chi connectivity index (χ4n) is 1.71. The number of rotatable bonds is 6. The lowest BCUT2D eigenvalue weighted by Gasteiger charge is -2.36. The van der Waals surface area contributed by atoms with Crippen molar-refractivity contribution in [2.24, 2.45) is 0 Å². The standard InChI is InChI=1S/C12H23NO2/c1-4-5-6-7-14-9-11-8-13-10-12(2,3)15-11/h4,11,13H,1,5-10H2,2-3H3. The molecule has 0 spiro atoms. The fourth-order valence-corrected chi connectivity index (χ4v) is 1.71. The van der Waals surface area contributed by atoms with E-state index in [2.05, 4.69) is 25.7 Å². The molecule has 1 atom stereocenters. The van der Waals surface area contributed by atoms with Crippen molar-refractivity contribution in [3.05, 3.63) is 12.7 Å². The summed E-state index contributed by atoms with van der Waals surface area (Å²) in [6.07, 6.45) is 4.19. The molecule has 1 saturated heterocycles. The maximum Gasteiger partial charge on any atom is 0.0940 e. The molecular weight excluding hydrogens is 190 g/mol. The van der Waals surface area contributed by atoms with Crippen LogP contribution in [0.15, 0.2) is 12.7 Å². The largest absolute Gasteiger partial charge is 0.379 e. The van der Waals surface area contributed by atoms with Crippen molar-refractivity contribution in [1.29, 1.82) is 0 Å². The van der Waals surface area contributed by atoms with E-state index in [1.165, 1.54) is 0 Å². The average molecular weight is 213 g/mol. The van der Waals surface area contributed by atoms with Gasteiger partial charge in [-0.3, -0.25) is 0 Å². The molecule has 1 heterocycles. The molecular formula is C12H23NO2. The smallest absolute Gasteiger partial charge is 0.0940 e. The second-order valence-corrected chi connectivity index (χ2v) is 4.64. The molecule has 0 aliphatic carbocycles. The summed E-state index contributed by atoms with van der Waals surface area (Å²) >= 11 is 0. The van der Waals surface area contributed by atoms with Gasteiger partial charge in [0.1, 0.15) is 0 Å². The molecule has 1 fully saturated rings. The highest BCUT2D eigenvalue weighted by Gasteiger charge is 2.28. The second kappa shape index (κ2) is 6.26. The molecule has 0 saturated carbocycles. The number of hydrogen-bond acceptors (Lipinski definition) is 3. The van der Waals surface area contributed by atoms with Gasteiger partial charge in [0.15, 0.2) is 0 Å². The van der Waals surface area contributed by atoms with Gasteiger partial charge in [-0.25, -0.2) is 0 Å². The highest BCUT2D eigenvalue weighted by Crippen LogP contribution is 2.15. The minimum atomic E-state index is -0.0621. The first-order chi connectivity index (χ1) is 7.14. The van der Waals surface area contributed by atoms with Gasteiger partial charge in [-0.1, -0.05) is 6.08 Å². The predicted octanol–water partition coefficient (Wildman–Crippen LogP) is 1.74. The molecule has 3 heteroatoms. The maximum absolute atomic E-state index is 5.87. The zero-order valence-electron chi connectivity index (χ0n) is 9.92. The van der Waals surface area contributed by atoms with Crippen LogP contribution >= 0.6 is 0 Å². The molecule has 0 radical (unpaired) electrons. The third kappa shape index (κ3) is 5.30. The number of hydrogen-bond donors (Lipinski definition) is 1. The quantitative estimate of drug-likeness (QED) is 0.538. The summed E-state index contributed by atoms with van der Waals surface area (Å²) in [5.41, 5.74) is -0.0621. The minimum absolute atomic E-state index is 0.0621. The first kappa shape index (κ1) is 12.7. The van der Waals surface area contributed by atoms with Crippen molar-refractivity contribution in [2.45, 2.75) is 38.4 Å². The predicted molar refractivity (Wildman–Crippen MR) is 62.1 cm³/mol. The fraction of sp³-hybridized carbons (Fsp3) is 0.833. The molecule has 0 aromatic rings. The molecule has 0 bridgehead atoms. The Labute approximate surface area is 92.8 Å². The van der Waals surface area contributed by atoms with E-state index in [-0.39, 0.29) is 11.7 Å². The van der Waals surface area contributed by atoms with Crippen LogP contribution in [-0.2, 0) is 9.47 Å². The Morgan fingerprint density at radius 3 is 3.07 bits per heavy atom. The number of nitrogens with one attached hydrogen (secondary N) is 1. The van der Waals surface area contributed by atoms with Crippen molar-refractivity contribution in [3.8, 4) is 0 Å². The summed E-state index contributed by atoms with van der Waals surface area (Å²) in [7, 11) is 0. The Kier molecular flexibility index (Phi) is 5.29. The number of morpholine rings is 1. The normalized spacial score (nSPS) is 25.1. The van der Waals surface area contributed by atoms with Gasteiger partial charge in [-0.2, -0.15) is 0 Å². The van der Waals surface area contributed by atoms with E-state index in [1.807, 2.05) is 6.08 Å². The summed E-state index contributed by atoms with van der Waals surface area (Å²) in [5, 5.41) is 3.36. The van der Waals surface area contributed by atoms with Crippen LogP contribution in [-0.4, -0.2) is 38.0 Å². The number of allylic oxidation sites excluding steroid dienone is 1. The summed E-state index contributed by atoms with van der Waals surface area (Å²) in [5.74, 6) is 0. The number of unbranched alkanes of at least 4 members (excludes halogenated alkanes) is 1. The van der Waals surface area contributed by atoms with Crippen molar-refractivity contribution in [2.75, 3.05) is 26.3 Å². The topological polar surface area (TPSA) is 30.5 Å². The second-order valence-electron chi connectivity index (χ2n) is 4.64. The minimum Gasteiger partial charge on any atom is -0.379 e. The third-order valence-electron chi connectivity index (χ3n) is 2.41. The van der Waals surface area contributed by atoms with Crippen molar-refractivity contribution >= 4 is 0 Å². The summed E-state index contributed by atoms with van der Waals surface area (Å²) in [6, 6.07) is 0. The molecule has 0 aromatic carbocycles. The highest BCUT2D eigenvalue weighted by molar-refractivity contribution is 4.81. The van der Waals surface area contributed by atoms with E-state index in [4.69, 9.17) is 9.47 Å². The Hall–Kier alpha value is -0.380. The van der Waals surface area contributed by atoms with E-state index in [0.29, 0.717) is 6.61 Å². The summed E-state index contributed by atoms with van der Waals surface area (Å²) in [4.78, 5) is 0. The van der Waals surface area contributed by atoms with Crippen LogP contribution in [0, 0.1) is 0 Å². The molecule has 1 aliphatic heterocycles. The number of ether oxygens (including phenoxy) is 2. The van der Waals surface area contributed by atoms with Gasteiger partial charge in [-0.15, -0.1) is 6.58 Å². The van der Waals surface area contributed by atoms with E-state index in [0.717, 1.165) is 32.5 Å². The van der Waals surface area contributed by atoms with Crippen molar-refractivity contribution in [1.82, 2.24) is 5.32 Å². The molecule has 0 aromatic heterocycles. The molecule has 1 unspecified atom stereocenters. The lowest BCUT2D eigenvalue weighted by atomic mass is 10.1. The van der Waals surface area contributed by atoms with E-state index in [9.17, 15) is 0 Å². The zero-order chi connectivity index (χ0) is 11.1. The van der Waals surface area contributed by atoms with Crippen molar-refractivity contribution < 1.29 is 9.47 Å². The Morgan fingerprint density at radius 2 is 2.40 bits per heavy atom. The van der Waals surface area contributed by atoms with Crippen LogP contribution in [0.4, 0.5) is 0 Å². The first-order valence-corrected chi connectivity index (χ1v) is 5.71. The molecule has 1 rings (SSSR count). The molecule has 15 heavy (non-hydrogen) atoms. The van der Waals surface area contributed by atoms with Gasteiger partial charge in [0.2, 0.25) is 0 Å². The molecule has 0 amide bonds. The van der Waals surface area contributed by atoms with Crippen LogP contribution in [0.3, 0.4) is 0 Å². The zero-order valence-corrected chi connectivity index (χ0v) is 9.92. The van der Waals surface area contributed by atoms with Crippen LogP contribution in [0.1, 0.15) is 26.7 Å². The lowest BCUT2D eigenvalue weighted by molar-refractivity contribution is -0.120. The highest BCUT2D eigenvalue weighted by atomic mass is 16.5. The molecule has 1 aliphatic rings. The summed E-state index contributed by atoms with van der Waals surface area (Å²) in [6.45, 7) is 11.2. The van der Waals surface area contributed by atoms with Gasteiger partial charge in [0.05, 0.1) is 18.3 Å². The van der Waals surface area contributed by atoms with Crippen LogP contribution in [0.2, 0.25) is 0 Å². The van der Waals surface area contributed by atoms with Gasteiger partial charge in [0, 0.05) is 19.7 Å².